The molecule has 1 aliphatic rings. The van der Waals surface area contributed by atoms with E-state index in [9.17, 15) is 19.7 Å². The first-order valence-corrected chi connectivity index (χ1v) is 7.32. The van der Waals surface area contributed by atoms with E-state index in [1.165, 1.54) is 11.0 Å². The van der Waals surface area contributed by atoms with Gasteiger partial charge in [0.1, 0.15) is 0 Å². The molecule has 1 fully saturated rings. The fraction of sp³-hybridized carbons (Fsp3) is 0.467. The number of nitrogens with zero attached hydrogens (tertiary/aromatic N) is 2. The van der Waals surface area contributed by atoms with Gasteiger partial charge < -0.3 is 14.7 Å². The van der Waals surface area contributed by atoms with Crippen LogP contribution in [0.2, 0.25) is 0 Å². The van der Waals surface area contributed by atoms with Crippen molar-refractivity contribution in [2.24, 2.45) is 0 Å². The van der Waals surface area contributed by atoms with Crippen molar-refractivity contribution >= 4 is 17.6 Å². The van der Waals surface area contributed by atoms with Crippen molar-refractivity contribution in [2.75, 3.05) is 19.7 Å². The number of carbonyl (C=O) groups excluding carboxylic acids is 1. The molecule has 124 valence electrons. The second-order valence-electron chi connectivity index (χ2n) is 5.30. The average molecular weight is 322 g/mol. The lowest BCUT2D eigenvalue weighted by Gasteiger charge is -2.32. The van der Waals surface area contributed by atoms with Crippen LogP contribution in [0.5, 0.6) is 0 Å². The molecule has 1 aromatic rings. The van der Waals surface area contributed by atoms with Crippen molar-refractivity contribution in [3.8, 4) is 0 Å². The van der Waals surface area contributed by atoms with Crippen molar-refractivity contribution in [2.45, 2.75) is 25.9 Å². The number of hydrogen-bond acceptors (Lipinski definition) is 5. The molecule has 0 aromatic heterocycles. The van der Waals surface area contributed by atoms with Gasteiger partial charge in [0.15, 0.2) is 0 Å². The van der Waals surface area contributed by atoms with Crippen molar-refractivity contribution in [1.82, 2.24) is 4.90 Å². The zero-order valence-electron chi connectivity index (χ0n) is 12.7. The molecule has 0 spiro atoms. The number of benzene rings is 1. The van der Waals surface area contributed by atoms with Crippen LogP contribution >= 0.6 is 0 Å². The summed E-state index contributed by atoms with van der Waals surface area (Å²) in [4.78, 5) is 35.3. The SMILES string of the molecule is CCc1ccc(C(=O)N2CCOC(CC(=O)O)C2)cc1[N+](=O)[O-]. The van der Waals surface area contributed by atoms with E-state index in [0.717, 1.165) is 0 Å². The van der Waals surface area contributed by atoms with E-state index in [-0.39, 0.29) is 36.7 Å². The third kappa shape index (κ3) is 4.04. The van der Waals surface area contributed by atoms with E-state index in [1.807, 2.05) is 6.92 Å². The van der Waals surface area contributed by atoms with Crippen molar-refractivity contribution in [1.29, 1.82) is 0 Å². The highest BCUT2D eigenvalue weighted by molar-refractivity contribution is 5.95. The van der Waals surface area contributed by atoms with Crippen LogP contribution in [0.15, 0.2) is 18.2 Å². The molecule has 0 radical (unpaired) electrons. The maximum Gasteiger partial charge on any atom is 0.306 e. The van der Waals surface area contributed by atoms with Gasteiger partial charge in [-0.05, 0) is 12.5 Å². The van der Waals surface area contributed by atoms with Gasteiger partial charge in [-0.1, -0.05) is 13.0 Å². The molecule has 1 aliphatic heterocycles. The summed E-state index contributed by atoms with van der Waals surface area (Å²) in [6.07, 6.45) is -0.239. The Labute approximate surface area is 132 Å². The fourth-order valence-electron chi connectivity index (χ4n) is 2.57. The maximum atomic E-state index is 12.5. The van der Waals surface area contributed by atoms with Gasteiger partial charge >= 0.3 is 5.97 Å². The molecule has 2 rings (SSSR count). The van der Waals surface area contributed by atoms with Crippen molar-refractivity contribution < 1.29 is 24.4 Å². The molecule has 23 heavy (non-hydrogen) atoms. The number of carboxylic acid groups (broad SMARTS) is 1. The maximum absolute atomic E-state index is 12.5. The molecular formula is C15H18N2O6. The number of aliphatic carboxylic acids is 1. The molecule has 8 heteroatoms. The molecule has 1 unspecified atom stereocenters. The standard InChI is InChI=1S/C15H18N2O6/c1-2-10-3-4-11(7-13(10)17(21)22)15(20)16-5-6-23-12(9-16)8-14(18)19/h3-4,7,12H,2,5-6,8-9H2,1H3,(H,18,19). The lowest BCUT2D eigenvalue weighted by Crippen LogP contribution is -2.46. The zero-order chi connectivity index (χ0) is 17.0. The van der Waals surface area contributed by atoms with Crippen LogP contribution in [-0.4, -0.2) is 52.6 Å². The number of rotatable bonds is 5. The number of amides is 1. The molecule has 0 aliphatic carbocycles. The molecule has 1 atom stereocenters. The summed E-state index contributed by atoms with van der Waals surface area (Å²) in [5.74, 6) is -1.35. The predicted octanol–water partition coefficient (Wildman–Crippen LogP) is 1.47. The van der Waals surface area contributed by atoms with E-state index in [2.05, 4.69) is 0 Å². The first-order valence-electron chi connectivity index (χ1n) is 7.32. The van der Waals surface area contributed by atoms with Gasteiger partial charge in [0.2, 0.25) is 0 Å². The highest BCUT2D eigenvalue weighted by atomic mass is 16.6. The Hall–Kier alpha value is -2.48. The Morgan fingerprint density at radius 3 is 2.83 bits per heavy atom. The van der Waals surface area contributed by atoms with E-state index in [1.54, 1.807) is 12.1 Å². The lowest BCUT2D eigenvalue weighted by molar-refractivity contribution is -0.385. The molecular weight excluding hydrogens is 304 g/mol. The highest BCUT2D eigenvalue weighted by Gasteiger charge is 2.27. The summed E-state index contributed by atoms with van der Waals surface area (Å²) >= 11 is 0. The lowest BCUT2D eigenvalue weighted by atomic mass is 10.1. The van der Waals surface area contributed by atoms with Gasteiger partial charge in [0, 0.05) is 30.3 Å². The van der Waals surface area contributed by atoms with Gasteiger partial charge in [-0.25, -0.2) is 0 Å². The number of aryl methyl sites for hydroxylation is 1. The van der Waals surface area contributed by atoms with Crippen LogP contribution in [0.3, 0.4) is 0 Å². The highest BCUT2D eigenvalue weighted by Crippen LogP contribution is 2.22. The first-order chi connectivity index (χ1) is 10.9. The van der Waals surface area contributed by atoms with Gasteiger partial charge in [-0.3, -0.25) is 19.7 Å². The third-order valence-corrected chi connectivity index (χ3v) is 3.74. The number of carbonyl (C=O) groups is 2. The topological polar surface area (TPSA) is 110 Å². The normalized spacial score (nSPS) is 17.8. The number of nitro benzene ring substituents is 1. The van der Waals surface area contributed by atoms with E-state index >= 15 is 0 Å². The molecule has 1 saturated heterocycles. The molecule has 0 saturated carbocycles. The Balaban J connectivity index is 2.18. The zero-order valence-corrected chi connectivity index (χ0v) is 12.7. The Kier molecular flexibility index (Phi) is 5.28. The van der Waals surface area contributed by atoms with Crippen LogP contribution in [0.4, 0.5) is 5.69 Å². The molecule has 1 N–H and O–H groups in total. The largest absolute Gasteiger partial charge is 0.481 e. The van der Waals surface area contributed by atoms with E-state index in [0.29, 0.717) is 18.5 Å². The third-order valence-electron chi connectivity index (χ3n) is 3.74. The van der Waals surface area contributed by atoms with Gasteiger partial charge in [0.05, 0.1) is 24.1 Å². The monoisotopic (exact) mass is 322 g/mol. The molecule has 1 amide bonds. The summed E-state index contributed by atoms with van der Waals surface area (Å²) in [5, 5.41) is 19.9. The predicted molar refractivity (Wildman–Crippen MR) is 80.4 cm³/mol. The number of hydrogen-bond donors (Lipinski definition) is 1. The molecule has 1 aromatic carbocycles. The Morgan fingerprint density at radius 2 is 2.22 bits per heavy atom. The summed E-state index contributed by atoms with van der Waals surface area (Å²) in [6, 6.07) is 4.43. The van der Waals surface area contributed by atoms with Crippen LogP contribution in [-0.2, 0) is 16.0 Å². The van der Waals surface area contributed by atoms with Crippen LogP contribution in [0, 0.1) is 10.1 Å². The Bertz CT molecular complexity index is 630. The van der Waals surface area contributed by atoms with Crippen LogP contribution in [0.1, 0.15) is 29.3 Å². The number of carboxylic acids is 1. The second kappa shape index (κ2) is 7.19. The minimum absolute atomic E-state index is 0.0753. The summed E-state index contributed by atoms with van der Waals surface area (Å²) in [6.45, 7) is 2.55. The number of morpholine rings is 1. The Morgan fingerprint density at radius 1 is 1.48 bits per heavy atom. The quantitative estimate of drug-likeness (QED) is 0.649. The minimum atomic E-state index is -0.993. The van der Waals surface area contributed by atoms with Gasteiger partial charge in [-0.15, -0.1) is 0 Å². The van der Waals surface area contributed by atoms with Crippen LogP contribution in [0.25, 0.3) is 0 Å². The number of nitro groups is 1. The minimum Gasteiger partial charge on any atom is -0.481 e. The molecule has 1 heterocycles. The van der Waals surface area contributed by atoms with Gasteiger partial charge in [-0.2, -0.15) is 0 Å². The van der Waals surface area contributed by atoms with Crippen molar-refractivity contribution in [3.05, 3.63) is 39.4 Å². The van der Waals surface area contributed by atoms with E-state index < -0.39 is 17.0 Å². The first kappa shape index (κ1) is 16.9. The van der Waals surface area contributed by atoms with Crippen LogP contribution < -0.4 is 0 Å². The van der Waals surface area contributed by atoms with Crippen molar-refractivity contribution in [3.63, 3.8) is 0 Å². The summed E-state index contributed by atoms with van der Waals surface area (Å²) in [7, 11) is 0. The molecule has 8 nitrogen and oxygen atoms in total. The summed E-state index contributed by atoms with van der Waals surface area (Å²) in [5.41, 5.74) is 0.718. The van der Waals surface area contributed by atoms with E-state index in [4.69, 9.17) is 9.84 Å². The fourth-order valence-corrected chi connectivity index (χ4v) is 2.57. The second-order valence-corrected chi connectivity index (χ2v) is 5.30. The van der Waals surface area contributed by atoms with Gasteiger partial charge in [0.25, 0.3) is 11.6 Å². The summed E-state index contributed by atoms with van der Waals surface area (Å²) < 4.78 is 5.32. The smallest absolute Gasteiger partial charge is 0.306 e. The molecule has 0 bridgehead atoms. The number of ether oxygens (including phenoxy) is 1. The average Bonchev–Trinajstić information content (AvgIpc) is 2.53.